The van der Waals surface area contributed by atoms with E-state index in [1.54, 1.807) is 0 Å². The van der Waals surface area contributed by atoms with Crippen LogP contribution in [-0.4, -0.2) is 32.3 Å². The lowest BCUT2D eigenvalue weighted by atomic mass is 9.96. The fourth-order valence-corrected chi connectivity index (χ4v) is 3.14. The quantitative estimate of drug-likeness (QED) is 0.904. The van der Waals surface area contributed by atoms with Crippen molar-refractivity contribution in [1.29, 1.82) is 0 Å². The molecule has 2 aliphatic heterocycles. The fourth-order valence-electron chi connectivity index (χ4n) is 3.14. The summed E-state index contributed by atoms with van der Waals surface area (Å²) >= 11 is 0. The third-order valence-corrected chi connectivity index (χ3v) is 4.32. The zero-order chi connectivity index (χ0) is 13.1. The molecule has 2 heterocycles. The molecule has 2 aliphatic rings. The Morgan fingerprint density at radius 1 is 1.26 bits per heavy atom. The Hall–Kier alpha value is -1.22. The molecule has 104 valence electrons. The van der Waals surface area contributed by atoms with Crippen molar-refractivity contribution >= 4 is 5.69 Å². The van der Waals surface area contributed by atoms with Crippen LogP contribution in [0.5, 0.6) is 5.75 Å². The van der Waals surface area contributed by atoms with Crippen LogP contribution in [0.2, 0.25) is 0 Å². The number of rotatable bonds is 3. The molecule has 1 saturated heterocycles. The van der Waals surface area contributed by atoms with E-state index in [9.17, 15) is 0 Å². The molecule has 3 heteroatoms. The van der Waals surface area contributed by atoms with Crippen molar-refractivity contribution < 1.29 is 4.74 Å². The smallest absolute Gasteiger partial charge is 0.143 e. The number of hydrogen-bond acceptors (Lipinski definition) is 3. The zero-order valence-corrected chi connectivity index (χ0v) is 11.8. The van der Waals surface area contributed by atoms with E-state index in [2.05, 4.69) is 41.4 Å². The zero-order valence-electron chi connectivity index (χ0n) is 11.8. The van der Waals surface area contributed by atoms with Crippen molar-refractivity contribution in [2.75, 3.05) is 31.1 Å². The van der Waals surface area contributed by atoms with Crippen molar-refractivity contribution in [2.45, 2.75) is 32.3 Å². The fraction of sp³-hybridized carbons (Fsp3) is 0.625. The van der Waals surface area contributed by atoms with Crippen LogP contribution in [0.1, 0.15) is 26.2 Å². The number of para-hydroxylation sites is 2. The second-order valence-corrected chi connectivity index (χ2v) is 5.71. The van der Waals surface area contributed by atoms with Crippen LogP contribution in [0, 0.1) is 5.92 Å². The summed E-state index contributed by atoms with van der Waals surface area (Å²) in [6.07, 6.45) is 4.03. The Morgan fingerprint density at radius 2 is 2.05 bits per heavy atom. The van der Waals surface area contributed by atoms with Gasteiger partial charge in [0.15, 0.2) is 0 Å². The molecule has 1 aromatic carbocycles. The monoisotopic (exact) mass is 260 g/mol. The van der Waals surface area contributed by atoms with Crippen LogP contribution >= 0.6 is 0 Å². The average molecular weight is 260 g/mol. The Kier molecular flexibility index (Phi) is 3.92. The molecule has 0 saturated carbocycles. The van der Waals surface area contributed by atoms with Gasteiger partial charge in [-0.3, -0.25) is 0 Å². The number of benzene rings is 1. The molecule has 0 radical (unpaired) electrons. The third-order valence-electron chi connectivity index (χ3n) is 4.32. The second-order valence-electron chi connectivity index (χ2n) is 5.71. The third kappa shape index (κ3) is 2.86. The molecule has 3 nitrogen and oxygen atoms in total. The number of fused-ring (bicyclic) bond motifs is 1. The highest BCUT2D eigenvalue weighted by Gasteiger charge is 2.26. The molecule has 1 unspecified atom stereocenters. The van der Waals surface area contributed by atoms with Gasteiger partial charge in [0.05, 0.1) is 12.2 Å². The Labute approximate surface area is 115 Å². The minimum atomic E-state index is 0.344. The highest BCUT2D eigenvalue weighted by atomic mass is 16.5. The predicted molar refractivity (Wildman–Crippen MR) is 79.0 cm³/mol. The first-order valence-corrected chi connectivity index (χ1v) is 7.58. The maximum atomic E-state index is 6.05. The lowest BCUT2D eigenvalue weighted by Gasteiger charge is -2.38. The summed E-state index contributed by atoms with van der Waals surface area (Å²) < 4.78 is 6.05. The normalized spacial score (nSPS) is 23.8. The molecule has 0 bridgehead atoms. The molecule has 0 aromatic heterocycles. The van der Waals surface area contributed by atoms with Gasteiger partial charge in [0.1, 0.15) is 11.9 Å². The van der Waals surface area contributed by atoms with Gasteiger partial charge in [0.2, 0.25) is 0 Å². The largest absolute Gasteiger partial charge is 0.486 e. The molecule has 0 aliphatic carbocycles. The van der Waals surface area contributed by atoms with E-state index in [0.717, 1.165) is 24.6 Å². The van der Waals surface area contributed by atoms with Crippen molar-refractivity contribution in [3.05, 3.63) is 24.3 Å². The highest BCUT2D eigenvalue weighted by molar-refractivity contribution is 5.60. The maximum Gasteiger partial charge on any atom is 0.143 e. The number of nitrogens with zero attached hydrogens (tertiary/aromatic N) is 1. The van der Waals surface area contributed by atoms with Gasteiger partial charge in [-0.1, -0.05) is 19.1 Å². The molecule has 0 spiro atoms. The van der Waals surface area contributed by atoms with Gasteiger partial charge in [0.25, 0.3) is 0 Å². The molecule has 0 amide bonds. The molecule has 1 fully saturated rings. The minimum Gasteiger partial charge on any atom is -0.486 e. The van der Waals surface area contributed by atoms with Gasteiger partial charge in [-0.25, -0.2) is 0 Å². The maximum absolute atomic E-state index is 6.05. The van der Waals surface area contributed by atoms with Crippen LogP contribution in [0.25, 0.3) is 0 Å². The standard InChI is InChI=1S/C16H24N2O/c1-2-14-12-18(11-13-7-9-17-10-8-13)15-5-3-4-6-16(15)19-14/h3-6,13-14,17H,2,7-12H2,1H3. The summed E-state index contributed by atoms with van der Waals surface area (Å²) in [6.45, 7) is 6.78. The first kappa shape index (κ1) is 12.8. The Balaban J connectivity index is 1.75. The summed E-state index contributed by atoms with van der Waals surface area (Å²) in [7, 11) is 0. The van der Waals surface area contributed by atoms with Crippen LogP contribution in [0.4, 0.5) is 5.69 Å². The molecule has 19 heavy (non-hydrogen) atoms. The summed E-state index contributed by atoms with van der Waals surface area (Å²) in [4.78, 5) is 2.54. The number of ether oxygens (including phenoxy) is 1. The van der Waals surface area contributed by atoms with Crippen molar-refractivity contribution in [3.8, 4) is 5.75 Å². The molecular weight excluding hydrogens is 236 g/mol. The summed E-state index contributed by atoms with van der Waals surface area (Å²) in [5, 5.41) is 3.45. The first-order valence-electron chi connectivity index (χ1n) is 7.58. The van der Waals surface area contributed by atoms with Crippen LogP contribution in [0.3, 0.4) is 0 Å². The number of piperidine rings is 1. The van der Waals surface area contributed by atoms with Crippen molar-refractivity contribution in [3.63, 3.8) is 0 Å². The van der Waals surface area contributed by atoms with Crippen LogP contribution in [-0.2, 0) is 0 Å². The molecule has 1 N–H and O–H groups in total. The van der Waals surface area contributed by atoms with E-state index in [0.29, 0.717) is 6.10 Å². The lowest BCUT2D eigenvalue weighted by Crippen LogP contribution is -2.43. The number of hydrogen-bond donors (Lipinski definition) is 1. The van der Waals surface area contributed by atoms with Gasteiger partial charge >= 0.3 is 0 Å². The van der Waals surface area contributed by atoms with Gasteiger partial charge in [0, 0.05) is 6.54 Å². The molecule has 3 rings (SSSR count). The summed E-state index contributed by atoms with van der Waals surface area (Å²) in [5.41, 5.74) is 1.28. The predicted octanol–water partition coefficient (Wildman–Crippen LogP) is 2.66. The second kappa shape index (κ2) is 5.83. The lowest BCUT2D eigenvalue weighted by molar-refractivity contribution is 0.185. The van der Waals surface area contributed by atoms with Crippen molar-refractivity contribution in [2.24, 2.45) is 5.92 Å². The van der Waals surface area contributed by atoms with E-state index in [-0.39, 0.29) is 0 Å². The molecule has 1 atom stereocenters. The van der Waals surface area contributed by atoms with Gasteiger partial charge in [-0.2, -0.15) is 0 Å². The topological polar surface area (TPSA) is 24.5 Å². The van der Waals surface area contributed by atoms with Gasteiger partial charge < -0.3 is 15.0 Å². The SMILES string of the molecule is CCC1CN(CC2CCNCC2)c2ccccc2O1. The molecule has 1 aromatic rings. The van der Waals surface area contributed by atoms with E-state index in [4.69, 9.17) is 4.74 Å². The van der Waals surface area contributed by atoms with Crippen LogP contribution < -0.4 is 15.0 Å². The van der Waals surface area contributed by atoms with Crippen LogP contribution in [0.15, 0.2) is 24.3 Å². The summed E-state index contributed by atoms with van der Waals surface area (Å²) in [6, 6.07) is 8.48. The molecular formula is C16H24N2O. The number of anilines is 1. The van der Waals surface area contributed by atoms with Crippen molar-refractivity contribution in [1.82, 2.24) is 5.32 Å². The number of nitrogens with one attached hydrogen (secondary N) is 1. The average Bonchev–Trinajstić information content (AvgIpc) is 2.48. The Bertz CT molecular complexity index is 415. The first-order chi connectivity index (χ1) is 9.36. The van der Waals surface area contributed by atoms with E-state index in [1.807, 2.05) is 0 Å². The van der Waals surface area contributed by atoms with E-state index in [1.165, 1.54) is 38.2 Å². The van der Waals surface area contributed by atoms with Gasteiger partial charge in [-0.05, 0) is 50.4 Å². The Morgan fingerprint density at radius 3 is 2.84 bits per heavy atom. The minimum absolute atomic E-state index is 0.344. The van der Waals surface area contributed by atoms with E-state index >= 15 is 0 Å². The summed E-state index contributed by atoms with van der Waals surface area (Å²) in [5.74, 6) is 1.89. The highest BCUT2D eigenvalue weighted by Crippen LogP contribution is 2.34. The van der Waals surface area contributed by atoms with E-state index < -0.39 is 0 Å². The van der Waals surface area contributed by atoms with Gasteiger partial charge in [-0.15, -0.1) is 0 Å².